The predicted molar refractivity (Wildman–Crippen MR) is 245 cm³/mol. The number of rotatable bonds is 6. The number of ether oxygens (including phenoxy) is 5. The van der Waals surface area contributed by atoms with Crippen molar-refractivity contribution >= 4 is 24.5 Å². The van der Waals surface area contributed by atoms with Gasteiger partial charge >= 0.3 is 24.5 Å². The summed E-state index contributed by atoms with van der Waals surface area (Å²) in [5, 5.41) is 8.93. The third kappa shape index (κ3) is 28.2. The molecule has 0 radical (unpaired) electrons. The Kier molecular flexibility index (Phi) is 23.5. The maximum atomic E-state index is 11.7. The van der Waals surface area contributed by atoms with E-state index in [1.54, 1.807) is 41.5 Å². The highest BCUT2D eigenvalue weighted by Crippen LogP contribution is 2.16. The SMILES string of the molecule is C.CC(C)(C)OC(=O)N[C@H]1CCN(Cc2ccccc2)C1.CC(C)(C)OC(=O)N[C@H]1CCNC1.CC(C)(C)OC(=O)OC(=O)OC(C)(C)C.N[C@H]1CCN(Cc2ccccc2)C1. The van der Waals surface area contributed by atoms with Crippen molar-refractivity contribution in [2.24, 2.45) is 5.73 Å². The van der Waals surface area contributed by atoms with Crippen molar-refractivity contribution in [2.75, 3.05) is 39.3 Å². The quantitative estimate of drug-likeness (QED) is 0.124. The molecule has 0 unspecified atom stereocenters. The third-order valence-corrected chi connectivity index (χ3v) is 8.53. The number of alkyl carbamates (subject to hydrolysis) is 2. The molecule has 352 valence electrons. The second-order valence-electron chi connectivity index (χ2n) is 19.5. The number of nitrogens with one attached hydrogen (secondary N) is 3. The second-order valence-corrected chi connectivity index (χ2v) is 19.5. The fourth-order valence-corrected chi connectivity index (χ4v) is 6.12. The minimum absolute atomic E-state index is 0. The van der Waals surface area contributed by atoms with Crippen LogP contribution in [0.4, 0.5) is 19.2 Å². The summed E-state index contributed by atoms with van der Waals surface area (Å²) < 4.78 is 24.2. The lowest BCUT2D eigenvalue weighted by Crippen LogP contribution is -2.40. The molecule has 3 fully saturated rings. The number of benzene rings is 2. The maximum Gasteiger partial charge on any atom is 0.519 e. The van der Waals surface area contributed by atoms with Crippen molar-refractivity contribution in [3.8, 4) is 0 Å². The van der Waals surface area contributed by atoms with Crippen LogP contribution in [0.2, 0.25) is 0 Å². The highest BCUT2D eigenvalue weighted by atomic mass is 16.8. The summed E-state index contributed by atoms with van der Waals surface area (Å²) >= 11 is 0. The zero-order valence-electron chi connectivity index (χ0n) is 38.9. The number of carbonyl (C=O) groups excluding carboxylic acids is 4. The second kappa shape index (κ2) is 26.2. The summed E-state index contributed by atoms with van der Waals surface area (Å²) in [5.74, 6) is 0. The van der Waals surface area contributed by atoms with Gasteiger partial charge in [-0.1, -0.05) is 68.1 Å². The van der Waals surface area contributed by atoms with Gasteiger partial charge < -0.3 is 45.4 Å². The first-order valence-corrected chi connectivity index (χ1v) is 21.4. The number of hydrogen-bond acceptors (Lipinski definition) is 13. The molecule has 0 aromatic heterocycles. The lowest BCUT2D eigenvalue weighted by molar-refractivity contribution is -0.0294. The molecule has 15 nitrogen and oxygen atoms in total. The Balaban J connectivity index is 0.000000418. The Bertz CT molecular complexity index is 1570. The molecule has 0 saturated carbocycles. The number of hydrogen-bond donors (Lipinski definition) is 4. The number of likely N-dealkylation sites (tertiary alicyclic amines) is 2. The summed E-state index contributed by atoms with van der Waals surface area (Å²) in [5.41, 5.74) is 6.30. The summed E-state index contributed by atoms with van der Waals surface area (Å²) in [4.78, 5) is 49.8. The van der Waals surface area contributed by atoms with E-state index in [1.807, 2.05) is 47.6 Å². The van der Waals surface area contributed by atoms with E-state index in [9.17, 15) is 19.2 Å². The molecule has 2 amide bonds. The zero-order chi connectivity index (χ0) is 45.9. The molecular formula is C47H80N6O9. The van der Waals surface area contributed by atoms with Crippen LogP contribution in [0.1, 0.15) is 121 Å². The molecule has 0 aliphatic carbocycles. The van der Waals surface area contributed by atoms with Gasteiger partial charge in [-0.25, -0.2) is 19.2 Å². The molecule has 5 rings (SSSR count). The molecule has 0 bridgehead atoms. The van der Waals surface area contributed by atoms with Crippen molar-refractivity contribution in [3.63, 3.8) is 0 Å². The zero-order valence-corrected chi connectivity index (χ0v) is 38.9. The van der Waals surface area contributed by atoms with E-state index in [1.165, 1.54) is 11.1 Å². The highest BCUT2D eigenvalue weighted by Gasteiger charge is 2.27. The predicted octanol–water partition coefficient (Wildman–Crippen LogP) is 8.39. The Morgan fingerprint density at radius 2 is 1.00 bits per heavy atom. The Morgan fingerprint density at radius 3 is 1.37 bits per heavy atom. The third-order valence-electron chi connectivity index (χ3n) is 8.53. The van der Waals surface area contributed by atoms with Crippen LogP contribution in [-0.2, 0) is 36.8 Å². The van der Waals surface area contributed by atoms with Gasteiger partial charge in [0.05, 0.1) is 0 Å². The van der Waals surface area contributed by atoms with Gasteiger partial charge in [-0.3, -0.25) is 9.80 Å². The average molecular weight is 873 g/mol. The summed E-state index contributed by atoms with van der Waals surface area (Å²) in [6.45, 7) is 29.1. The van der Waals surface area contributed by atoms with Gasteiger partial charge in [0.2, 0.25) is 0 Å². The minimum atomic E-state index is -1.06. The molecule has 5 N–H and O–H groups in total. The standard InChI is InChI=1S/C16H24N2O2.C11H16N2.C10H18O5.C9H18N2O2.CH4/c1-16(2,3)20-15(19)17-14-9-10-18(12-14)11-13-7-5-4-6-8-13;12-11-6-7-13(9-11)8-10-4-2-1-3-5-10;1-9(2,3)14-7(11)13-8(12)15-10(4,5)6;1-9(2,3)13-8(12)11-7-4-5-10-6-7;/h4-8,14H,9-12H2,1-3H3,(H,17,19);1-5,11H,6-9,12H2;1-6H3;7,10H,4-6H2,1-3H3,(H,11,12);1H4/t14-;11-;;7-;/m00.0./s1. The minimum Gasteiger partial charge on any atom is -0.444 e. The number of nitrogens with two attached hydrogens (primary N) is 1. The van der Waals surface area contributed by atoms with Crippen molar-refractivity contribution < 1.29 is 42.9 Å². The average Bonchev–Trinajstić information content (AvgIpc) is 3.86. The smallest absolute Gasteiger partial charge is 0.444 e. The van der Waals surface area contributed by atoms with E-state index < -0.39 is 34.7 Å². The monoisotopic (exact) mass is 873 g/mol. The van der Waals surface area contributed by atoms with Gasteiger partial charge in [0, 0.05) is 63.9 Å². The first kappa shape index (κ1) is 55.6. The molecule has 2 aromatic rings. The first-order chi connectivity index (χ1) is 28.2. The fourth-order valence-electron chi connectivity index (χ4n) is 6.12. The van der Waals surface area contributed by atoms with E-state index in [-0.39, 0.29) is 31.7 Å². The van der Waals surface area contributed by atoms with Crippen molar-refractivity contribution in [1.82, 2.24) is 25.8 Å². The maximum absolute atomic E-state index is 11.7. The molecule has 3 saturated heterocycles. The van der Waals surface area contributed by atoms with Crippen molar-refractivity contribution in [3.05, 3.63) is 71.8 Å². The lowest BCUT2D eigenvalue weighted by Gasteiger charge is -2.22. The van der Waals surface area contributed by atoms with Gasteiger partial charge in [0.25, 0.3) is 0 Å². The van der Waals surface area contributed by atoms with Gasteiger partial charge in [0.15, 0.2) is 0 Å². The Morgan fingerprint density at radius 1 is 0.597 bits per heavy atom. The van der Waals surface area contributed by atoms with E-state index in [2.05, 4.69) is 85.1 Å². The van der Waals surface area contributed by atoms with Crippen molar-refractivity contribution in [2.45, 2.75) is 163 Å². The van der Waals surface area contributed by atoms with Crippen LogP contribution in [0.15, 0.2) is 60.7 Å². The molecule has 3 aliphatic heterocycles. The van der Waals surface area contributed by atoms with Crippen LogP contribution >= 0.6 is 0 Å². The lowest BCUT2D eigenvalue weighted by atomic mass is 10.2. The van der Waals surface area contributed by atoms with Crippen LogP contribution in [0.25, 0.3) is 0 Å². The van der Waals surface area contributed by atoms with E-state index >= 15 is 0 Å². The molecule has 3 heterocycles. The fraction of sp³-hybridized carbons (Fsp3) is 0.660. The van der Waals surface area contributed by atoms with Gasteiger partial charge in [-0.15, -0.1) is 0 Å². The molecule has 3 aliphatic rings. The van der Waals surface area contributed by atoms with Gasteiger partial charge in [0.1, 0.15) is 22.4 Å². The Labute approximate surface area is 372 Å². The van der Waals surface area contributed by atoms with Gasteiger partial charge in [-0.2, -0.15) is 0 Å². The Hall–Kier alpha value is -4.44. The summed E-state index contributed by atoms with van der Waals surface area (Å²) in [6.07, 6.45) is 0.358. The number of carbonyl (C=O) groups is 4. The number of nitrogens with zero attached hydrogens (tertiary/aromatic N) is 2. The molecule has 62 heavy (non-hydrogen) atoms. The molecular weight excluding hydrogens is 793 g/mol. The molecule has 0 spiro atoms. The number of amides is 2. The molecule has 2 aromatic carbocycles. The largest absolute Gasteiger partial charge is 0.519 e. The van der Waals surface area contributed by atoms with Crippen LogP contribution < -0.4 is 21.7 Å². The van der Waals surface area contributed by atoms with E-state index in [0.29, 0.717) is 6.04 Å². The van der Waals surface area contributed by atoms with Gasteiger partial charge in [-0.05, 0) is 120 Å². The van der Waals surface area contributed by atoms with Crippen LogP contribution in [-0.4, -0.2) is 114 Å². The molecule has 15 heteroatoms. The van der Waals surface area contributed by atoms with Crippen LogP contribution in [0, 0.1) is 0 Å². The normalized spacial score (nSPS) is 19.0. The first-order valence-electron chi connectivity index (χ1n) is 21.4. The van der Waals surface area contributed by atoms with Crippen LogP contribution in [0.5, 0.6) is 0 Å². The van der Waals surface area contributed by atoms with Crippen molar-refractivity contribution in [1.29, 1.82) is 0 Å². The highest BCUT2D eigenvalue weighted by molar-refractivity contribution is 5.77. The van der Waals surface area contributed by atoms with E-state index in [0.717, 1.165) is 71.6 Å². The molecule has 3 atom stereocenters. The topological polar surface area (TPSA) is 183 Å². The summed E-state index contributed by atoms with van der Waals surface area (Å²) in [7, 11) is 0. The van der Waals surface area contributed by atoms with E-state index in [4.69, 9.17) is 24.7 Å². The summed E-state index contributed by atoms with van der Waals surface area (Å²) in [6, 6.07) is 21.8. The van der Waals surface area contributed by atoms with Crippen LogP contribution in [0.3, 0.4) is 0 Å².